The average molecular weight is 255 g/mol. The van der Waals surface area contributed by atoms with Crippen LogP contribution in [0.2, 0.25) is 0 Å². The number of hydrogen-bond donors (Lipinski definition) is 1. The molecule has 0 saturated heterocycles. The third-order valence-corrected chi connectivity index (χ3v) is 2.15. The molecule has 0 unspecified atom stereocenters. The van der Waals surface area contributed by atoms with Crippen LogP contribution < -0.4 is 5.32 Å². The van der Waals surface area contributed by atoms with Gasteiger partial charge in [0.1, 0.15) is 0 Å². The van der Waals surface area contributed by atoms with Crippen LogP contribution in [0.4, 0.5) is 5.69 Å². The lowest BCUT2D eigenvalue weighted by atomic mass is 10.3. The highest BCUT2D eigenvalue weighted by Gasteiger charge is 1.94. The number of amides is 1. The van der Waals surface area contributed by atoms with E-state index in [0.717, 1.165) is 5.69 Å². The van der Waals surface area contributed by atoms with Crippen molar-refractivity contribution in [2.24, 2.45) is 0 Å². The number of hydrogen-bond acceptors (Lipinski definition) is 2. The Labute approximate surface area is 110 Å². The fourth-order valence-electron chi connectivity index (χ4n) is 0.878. The second-order valence-corrected chi connectivity index (χ2v) is 4.00. The van der Waals surface area contributed by atoms with Gasteiger partial charge < -0.3 is 5.32 Å². The quantitative estimate of drug-likeness (QED) is 0.768. The van der Waals surface area contributed by atoms with Crippen molar-refractivity contribution in [2.45, 2.75) is 45.9 Å². The van der Waals surface area contributed by atoms with Gasteiger partial charge in [-0.1, -0.05) is 34.1 Å². The van der Waals surface area contributed by atoms with Crippen LogP contribution in [0, 0.1) is 0 Å². The van der Waals surface area contributed by atoms with Crippen molar-refractivity contribution < 1.29 is 4.79 Å². The topological polar surface area (TPSA) is 29.1 Å². The molecule has 0 aromatic heterocycles. The second kappa shape index (κ2) is 13.1. The van der Waals surface area contributed by atoms with E-state index in [1.807, 2.05) is 44.4 Å². The van der Waals surface area contributed by atoms with Gasteiger partial charge >= 0.3 is 0 Å². The van der Waals surface area contributed by atoms with E-state index >= 15 is 0 Å². The van der Waals surface area contributed by atoms with Crippen LogP contribution in [0.5, 0.6) is 0 Å². The number of carbonyl (C=O) groups excluding carboxylic acids is 1. The molecular formula is C14H25NOS. The van der Waals surface area contributed by atoms with Crippen molar-refractivity contribution in [3.05, 3.63) is 24.3 Å². The summed E-state index contributed by atoms with van der Waals surface area (Å²) in [4.78, 5) is 11.8. The summed E-state index contributed by atoms with van der Waals surface area (Å²) in [6.07, 6.45) is 3.27. The first kappa shape index (κ1) is 18.4. The highest BCUT2D eigenvalue weighted by atomic mass is 32.2. The number of rotatable bonds is 2. The molecule has 1 N–H and O–H groups in total. The van der Waals surface area contributed by atoms with Crippen molar-refractivity contribution >= 4 is 23.4 Å². The molecule has 98 valence electrons. The SMILES string of the molecule is CC.CCC.CSc1ccc(NC(C)=O)cc1. The van der Waals surface area contributed by atoms with Crippen LogP contribution in [0.3, 0.4) is 0 Å². The lowest BCUT2D eigenvalue weighted by Crippen LogP contribution is -2.05. The fourth-order valence-corrected chi connectivity index (χ4v) is 1.29. The highest BCUT2D eigenvalue weighted by molar-refractivity contribution is 7.98. The predicted octanol–water partition coefficient (Wildman–Crippen LogP) is 4.81. The zero-order valence-electron chi connectivity index (χ0n) is 11.8. The summed E-state index contributed by atoms with van der Waals surface area (Å²) in [6, 6.07) is 7.76. The zero-order valence-corrected chi connectivity index (χ0v) is 12.6. The van der Waals surface area contributed by atoms with E-state index in [9.17, 15) is 4.79 Å². The standard InChI is InChI=1S/C9H11NOS.C3H8.C2H6/c1-7(11)10-8-3-5-9(12-2)6-4-8;1-3-2;1-2/h3-6H,1-2H3,(H,10,11);3H2,1-2H3;1-2H3. The van der Waals surface area contributed by atoms with Crippen LogP contribution in [0.15, 0.2) is 29.2 Å². The van der Waals surface area contributed by atoms with Crippen LogP contribution in [0.25, 0.3) is 0 Å². The van der Waals surface area contributed by atoms with Gasteiger partial charge in [0.2, 0.25) is 5.91 Å². The molecule has 0 aliphatic carbocycles. The smallest absolute Gasteiger partial charge is 0.221 e. The molecule has 1 aromatic rings. The monoisotopic (exact) mass is 255 g/mol. The van der Waals surface area contributed by atoms with Gasteiger partial charge in [-0.25, -0.2) is 0 Å². The van der Waals surface area contributed by atoms with E-state index in [0.29, 0.717) is 0 Å². The van der Waals surface area contributed by atoms with Crippen molar-refractivity contribution in [2.75, 3.05) is 11.6 Å². The number of anilines is 1. The van der Waals surface area contributed by atoms with Gasteiger partial charge in [-0.15, -0.1) is 11.8 Å². The maximum absolute atomic E-state index is 10.7. The van der Waals surface area contributed by atoms with Crippen LogP contribution in [-0.2, 0) is 4.79 Å². The number of nitrogens with one attached hydrogen (secondary N) is 1. The highest BCUT2D eigenvalue weighted by Crippen LogP contribution is 2.17. The van der Waals surface area contributed by atoms with E-state index in [-0.39, 0.29) is 5.91 Å². The Morgan fingerprint density at radius 3 is 1.88 bits per heavy atom. The van der Waals surface area contributed by atoms with Crippen molar-refractivity contribution in [1.29, 1.82) is 0 Å². The molecule has 17 heavy (non-hydrogen) atoms. The van der Waals surface area contributed by atoms with Gasteiger partial charge in [0.05, 0.1) is 0 Å². The summed E-state index contributed by atoms with van der Waals surface area (Å²) in [5, 5.41) is 2.71. The minimum atomic E-state index is -0.0353. The zero-order chi connectivity index (χ0) is 13.7. The molecule has 0 bridgehead atoms. The molecule has 2 nitrogen and oxygen atoms in total. The molecule has 1 amide bonds. The minimum Gasteiger partial charge on any atom is -0.326 e. The third-order valence-electron chi connectivity index (χ3n) is 1.41. The Bertz CT molecular complexity index is 283. The largest absolute Gasteiger partial charge is 0.326 e. The first-order chi connectivity index (χ1) is 8.13. The Hall–Kier alpha value is -0.960. The molecule has 3 heteroatoms. The summed E-state index contributed by atoms with van der Waals surface area (Å²) >= 11 is 1.68. The second-order valence-electron chi connectivity index (χ2n) is 3.12. The molecule has 0 aliphatic rings. The molecule has 0 saturated carbocycles. The van der Waals surface area contributed by atoms with Gasteiger partial charge in [-0.2, -0.15) is 0 Å². The Balaban J connectivity index is 0. The van der Waals surface area contributed by atoms with Gasteiger partial charge in [0.15, 0.2) is 0 Å². The molecule has 1 aromatic carbocycles. The fraction of sp³-hybridized carbons (Fsp3) is 0.500. The molecular weight excluding hydrogens is 230 g/mol. The summed E-state index contributed by atoms with van der Waals surface area (Å²) in [6.45, 7) is 9.75. The normalized spacial score (nSPS) is 8.12. The summed E-state index contributed by atoms with van der Waals surface area (Å²) in [7, 11) is 0. The molecule has 1 rings (SSSR count). The Kier molecular flexibility index (Phi) is 14.2. The maximum Gasteiger partial charge on any atom is 0.221 e. The molecule has 0 fully saturated rings. The predicted molar refractivity (Wildman–Crippen MR) is 79.8 cm³/mol. The number of benzene rings is 1. The Morgan fingerprint density at radius 1 is 1.18 bits per heavy atom. The Morgan fingerprint density at radius 2 is 1.59 bits per heavy atom. The van der Waals surface area contributed by atoms with E-state index in [4.69, 9.17) is 0 Å². The molecule has 0 heterocycles. The summed E-state index contributed by atoms with van der Waals surface area (Å²) in [5.41, 5.74) is 0.848. The van der Waals surface area contributed by atoms with E-state index in [2.05, 4.69) is 19.2 Å². The molecule has 0 spiro atoms. The van der Waals surface area contributed by atoms with E-state index in [1.54, 1.807) is 11.8 Å². The van der Waals surface area contributed by atoms with Crippen LogP contribution >= 0.6 is 11.8 Å². The molecule has 0 atom stereocenters. The summed E-state index contributed by atoms with van der Waals surface area (Å²) < 4.78 is 0. The lowest BCUT2D eigenvalue weighted by Gasteiger charge is -2.01. The van der Waals surface area contributed by atoms with Crippen molar-refractivity contribution in [3.63, 3.8) is 0 Å². The lowest BCUT2D eigenvalue weighted by molar-refractivity contribution is -0.114. The number of thioether (sulfide) groups is 1. The number of carbonyl (C=O) groups is 1. The van der Waals surface area contributed by atoms with E-state index < -0.39 is 0 Å². The van der Waals surface area contributed by atoms with Gasteiger partial charge in [-0.05, 0) is 30.5 Å². The molecule has 0 aliphatic heterocycles. The van der Waals surface area contributed by atoms with Gasteiger partial charge in [0.25, 0.3) is 0 Å². The first-order valence-electron chi connectivity index (χ1n) is 6.05. The van der Waals surface area contributed by atoms with E-state index in [1.165, 1.54) is 18.2 Å². The molecule has 0 radical (unpaired) electrons. The van der Waals surface area contributed by atoms with Crippen LogP contribution in [0.1, 0.15) is 41.0 Å². The van der Waals surface area contributed by atoms with Crippen molar-refractivity contribution in [1.82, 2.24) is 0 Å². The average Bonchev–Trinajstić information content (AvgIpc) is 2.33. The first-order valence-corrected chi connectivity index (χ1v) is 7.28. The summed E-state index contributed by atoms with van der Waals surface area (Å²) in [5.74, 6) is -0.0353. The third kappa shape index (κ3) is 11.3. The minimum absolute atomic E-state index is 0.0353. The van der Waals surface area contributed by atoms with Gasteiger partial charge in [-0.3, -0.25) is 4.79 Å². The van der Waals surface area contributed by atoms with Crippen LogP contribution in [-0.4, -0.2) is 12.2 Å². The van der Waals surface area contributed by atoms with Gasteiger partial charge in [0, 0.05) is 17.5 Å². The maximum atomic E-state index is 10.7. The van der Waals surface area contributed by atoms with Crippen molar-refractivity contribution in [3.8, 4) is 0 Å².